The van der Waals surface area contributed by atoms with Crippen LogP contribution in [0.2, 0.25) is 0 Å². The molecule has 2 rings (SSSR count). The molecule has 2 nitrogen and oxygen atoms in total. The molecule has 1 heterocycles. The molecular weight excluding hydrogens is 184 g/mol. The Labute approximate surface area is 90.0 Å². The molecule has 1 aromatic heterocycles. The number of nitrogens with zero attached hydrogens (tertiary/aromatic N) is 2. The van der Waals surface area contributed by atoms with Crippen molar-refractivity contribution in [1.82, 2.24) is 9.97 Å². The molecule has 0 aliphatic rings. The van der Waals surface area contributed by atoms with Crippen LogP contribution in [0.5, 0.6) is 0 Å². The van der Waals surface area contributed by atoms with E-state index < -0.39 is 0 Å². The quantitative estimate of drug-likeness (QED) is 0.740. The Morgan fingerprint density at radius 3 is 2.67 bits per heavy atom. The molecule has 2 aromatic rings. The minimum Gasteiger partial charge on any atom is -0.261 e. The Bertz CT molecular complexity index is 435. The van der Waals surface area contributed by atoms with Gasteiger partial charge in [-0.15, -0.1) is 0 Å². The number of rotatable bonds is 2. The lowest BCUT2D eigenvalue weighted by molar-refractivity contribution is 0.867. The monoisotopic (exact) mass is 198 g/mol. The zero-order chi connectivity index (χ0) is 10.7. The minimum absolute atomic E-state index is 0.543. The molecule has 0 atom stereocenters. The summed E-state index contributed by atoms with van der Waals surface area (Å²) in [4.78, 5) is 8.36. The third-order valence-corrected chi connectivity index (χ3v) is 2.41. The van der Waals surface area contributed by atoms with Crippen molar-refractivity contribution < 1.29 is 0 Å². The number of hydrogen-bond donors (Lipinski definition) is 0. The molecule has 76 valence electrons. The molecular formula is C13H14N2. The van der Waals surface area contributed by atoms with Crippen molar-refractivity contribution in [3.05, 3.63) is 48.4 Å². The normalized spacial score (nSPS) is 10.6. The highest BCUT2D eigenvalue weighted by atomic mass is 14.8. The van der Waals surface area contributed by atoms with Crippen LogP contribution in [0.15, 0.2) is 42.9 Å². The van der Waals surface area contributed by atoms with Gasteiger partial charge in [-0.25, -0.2) is 0 Å². The molecule has 0 N–H and O–H groups in total. The molecule has 0 spiro atoms. The lowest BCUT2D eigenvalue weighted by Gasteiger charge is -2.07. The molecule has 0 unspecified atom stereocenters. The molecule has 0 saturated carbocycles. The van der Waals surface area contributed by atoms with E-state index in [1.807, 2.05) is 0 Å². The van der Waals surface area contributed by atoms with Crippen molar-refractivity contribution in [2.45, 2.75) is 19.8 Å². The molecule has 0 amide bonds. The summed E-state index contributed by atoms with van der Waals surface area (Å²) >= 11 is 0. The second-order valence-electron chi connectivity index (χ2n) is 3.87. The standard InChI is InChI=1S/C13H14N2/c1-10(2)11-4-3-5-12(8-11)13-9-14-6-7-15-13/h3-10H,1-2H3. The Balaban J connectivity index is 2.42. The van der Waals surface area contributed by atoms with E-state index in [4.69, 9.17) is 0 Å². The Morgan fingerprint density at radius 2 is 2.00 bits per heavy atom. The zero-order valence-electron chi connectivity index (χ0n) is 9.01. The van der Waals surface area contributed by atoms with E-state index in [0.717, 1.165) is 11.3 Å². The molecule has 0 fully saturated rings. The van der Waals surface area contributed by atoms with Crippen LogP contribution in [0.3, 0.4) is 0 Å². The SMILES string of the molecule is CC(C)c1cccc(-c2cnccn2)c1. The van der Waals surface area contributed by atoms with Crippen LogP contribution < -0.4 is 0 Å². The minimum atomic E-state index is 0.543. The van der Waals surface area contributed by atoms with Crippen LogP contribution in [0.25, 0.3) is 11.3 Å². The largest absolute Gasteiger partial charge is 0.261 e. The van der Waals surface area contributed by atoms with Crippen molar-refractivity contribution in [2.75, 3.05) is 0 Å². The summed E-state index contributed by atoms with van der Waals surface area (Å²) in [6.45, 7) is 4.38. The highest BCUT2D eigenvalue weighted by Gasteiger charge is 2.02. The third kappa shape index (κ3) is 2.21. The topological polar surface area (TPSA) is 25.8 Å². The average Bonchev–Trinajstić information content (AvgIpc) is 2.30. The van der Waals surface area contributed by atoms with E-state index in [1.54, 1.807) is 18.6 Å². The number of aromatic nitrogens is 2. The van der Waals surface area contributed by atoms with Crippen molar-refractivity contribution >= 4 is 0 Å². The van der Waals surface area contributed by atoms with Gasteiger partial charge in [0.2, 0.25) is 0 Å². The van der Waals surface area contributed by atoms with Gasteiger partial charge in [-0.3, -0.25) is 9.97 Å². The maximum absolute atomic E-state index is 4.29. The first kappa shape index (κ1) is 9.84. The molecule has 0 aliphatic heterocycles. The van der Waals surface area contributed by atoms with Gasteiger partial charge < -0.3 is 0 Å². The van der Waals surface area contributed by atoms with Gasteiger partial charge in [-0.2, -0.15) is 0 Å². The summed E-state index contributed by atoms with van der Waals surface area (Å²) in [5.74, 6) is 0.543. The third-order valence-electron chi connectivity index (χ3n) is 2.41. The van der Waals surface area contributed by atoms with Gasteiger partial charge in [-0.05, 0) is 17.5 Å². The smallest absolute Gasteiger partial charge is 0.0885 e. The summed E-state index contributed by atoms with van der Waals surface area (Å²) in [6, 6.07) is 8.45. The second-order valence-corrected chi connectivity index (χ2v) is 3.87. The summed E-state index contributed by atoms with van der Waals surface area (Å²) in [7, 11) is 0. The lowest BCUT2D eigenvalue weighted by Crippen LogP contribution is -1.89. The summed E-state index contributed by atoms with van der Waals surface area (Å²) < 4.78 is 0. The highest BCUT2D eigenvalue weighted by Crippen LogP contribution is 2.21. The predicted molar refractivity (Wildman–Crippen MR) is 61.6 cm³/mol. The number of benzene rings is 1. The summed E-state index contributed by atoms with van der Waals surface area (Å²) in [6.07, 6.45) is 5.20. The zero-order valence-corrected chi connectivity index (χ0v) is 9.01. The fraction of sp³-hybridized carbons (Fsp3) is 0.231. The number of hydrogen-bond acceptors (Lipinski definition) is 2. The van der Waals surface area contributed by atoms with Crippen LogP contribution >= 0.6 is 0 Å². The van der Waals surface area contributed by atoms with Crippen LogP contribution in [0.4, 0.5) is 0 Å². The predicted octanol–water partition coefficient (Wildman–Crippen LogP) is 3.27. The van der Waals surface area contributed by atoms with E-state index in [0.29, 0.717) is 5.92 Å². The average molecular weight is 198 g/mol. The second kappa shape index (κ2) is 4.22. The maximum atomic E-state index is 4.29. The molecule has 0 bridgehead atoms. The van der Waals surface area contributed by atoms with E-state index >= 15 is 0 Å². The summed E-state index contributed by atoms with van der Waals surface area (Å²) in [5, 5.41) is 0. The van der Waals surface area contributed by atoms with Crippen molar-refractivity contribution in [1.29, 1.82) is 0 Å². The summed E-state index contributed by atoms with van der Waals surface area (Å²) in [5.41, 5.74) is 3.40. The Hall–Kier alpha value is -1.70. The fourth-order valence-corrected chi connectivity index (χ4v) is 1.51. The van der Waals surface area contributed by atoms with Crippen molar-refractivity contribution in [3.8, 4) is 11.3 Å². The molecule has 15 heavy (non-hydrogen) atoms. The van der Waals surface area contributed by atoms with E-state index in [9.17, 15) is 0 Å². The molecule has 0 radical (unpaired) electrons. The van der Waals surface area contributed by atoms with Crippen molar-refractivity contribution in [2.24, 2.45) is 0 Å². The Kier molecular flexibility index (Phi) is 2.77. The van der Waals surface area contributed by atoms with Crippen LogP contribution in [-0.2, 0) is 0 Å². The van der Waals surface area contributed by atoms with E-state index in [1.165, 1.54) is 5.56 Å². The van der Waals surface area contributed by atoms with Crippen LogP contribution in [0.1, 0.15) is 25.3 Å². The first-order chi connectivity index (χ1) is 7.27. The van der Waals surface area contributed by atoms with Crippen molar-refractivity contribution in [3.63, 3.8) is 0 Å². The molecule has 0 aliphatic carbocycles. The molecule has 2 heteroatoms. The van der Waals surface area contributed by atoms with Crippen LogP contribution in [-0.4, -0.2) is 9.97 Å². The van der Waals surface area contributed by atoms with Gasteiger partial charge in [-0.1, -0.05) is 32.0 Å². The highest BCUT2D eigenvalue weighted by molar-refractivity contribution is 5.58. The maximum Gasteiger partial charge on any atom is 0.0885 e. The van der Waals surface area contributed by atoms with Gasteiger partial charge in [0, 0.05) is 18.0 Å². The fourth-order valence-electron chi connectivity index (χ4n) is 1.51. The van der Waals surface area contributed by atoms with Gasteiger partial charge >= 0.3 is 0 Å². The Morgan fingerprint density at radius 1 is 1.13 bits per heavy atom. The molecule has 0 saturated heterocycles. The van der Waals surface area contributed by atoms with Gasteiger partial charge in [0.05, 0.1) is 11.9 Å². The molecule has 1 aromatic carbocycles. The van der Waals surface area contributed by atoms with Gasteiger partial charge in [0.1, 0.15) is 0 Å². The van der Waals surface area contributed by atoms with Gasteiger partial charge in [0.15, 0.2) is 0 Å². The first-order valence-corrected chi connectivity index (χ1v) is 5.13. The van der Waals surface area contributed by atoms with Crippen LogP contribution in [0, 0.1) is 0 Å². The first-order valence-electron chi connectivity index (χ1n) is 5.13. The lowest BCUT2D eigenvalue weighted by atomic mass is 10.00. The van der Waals surface area contributed by atoms with E-state index in [2.05, 4.69) is 48.1 Å². The van der Waals surface area contributed by atoms with Gasteiger partial charge in [0.25, 0.3) is 0 Å². The van der Waals surface area contributed by atoms with E-state index in [-0.39, 0.29) is 0 Å².